The number of aromatic nitrogens is 2. The van der Waals surface area contributed by atoms with E-state index < -0.39 is 0 Å². The molecule has 0 saturated carbocycles. The van der Waals surface area contributed by atoms with Crippen molar-refractivity contribution in [3.8, 4) is 11.8 Å². The molecule has 1 unspecified atom stereocenters. The molecule has 1 aromatic rings. The van der Waals surface area contributed by atoms with Gasteiger partial charge in [-0.15, -0.1) is 5.92 Å². The summed E-state index contributed by atoms with van der Waals surface area (Å²) in [7, 11) is 0. The van der Waals surface area contributed by atoms with Crippen molar-refractivity contribution in [3.63, 3.8) is 0 Å². The summed E-state index contributed by atoms with van der Waals surface area (Å²) in [6, 6.07) is 0.0494. The molecule has 3 heteroatoms. The summed E-state index contributed by atoms with van der Waals surface area (Å²) in [4.78, 5) is 0. The van der Waals surface area contributed by atoms with Crippen molar-refractivity contribution < 1.29 is 0 Å². The molecule has 0 aliphatic rings. The first-order valence-electron chi connectivity index (χ1n) is 3.91. The average Bonchev–Trinajstić information content (AvgIpc) is 2.48. The van der Waals surface area contributed by atoms with Crippen molar-refractivity contribution in [2.45, 2.75) is 26.4 Å². The Balaban J connectivity index is 2.68. The normalized spacial score (nSPS) is 11.9. The maximum absolute atomic E-state index is 5.67. The number of hydrogen-bond acceptors (Lipinski definition) is 2. The third-order valence-electron chi connectivity index (χ3n) is 1.60. The minimum Gasteiger partial charge on any atom is -0.324 e. The quantitative estimate of drug-likeness (QED) is 0.659. The van der Waals surface area contributed by atoms with E-state index in [-0.39, 0.29) is 6.04 Å². The first-order chi connectivity index (χ1) is 5.74. The van der Waals surface area contributed by atoms with E-state index in [1.54, 1.807) is 10.9 Å². The molecule has 64 valence electrons. The molecule has 0 amide bonds. The number of hydrogen-bond donors (Lipinski definition) is 1. The molecule has 0 aliphatic carbocycles. The second-order valence-electron chi connectivity index (χ2n) is 2.69. The minimum absolute atomic E-state index is 0.0494. The molecule has 1 heterocycles. The van der Waals surface area contributed by atoms with Crippen LogP contribution >= 0.6 is 0 Å². The summed E-state index contributed by atoms with van der Waals surface area (Å²) in [5.74, 6) is 5.74. The standard InChI is InChI=1S/C9H13N3/c1-3-4-5-12-7-9(6-11-12)8(2)10/h6-8H,5,10H2,1-2H3. The van der Waals surface area contributed by atoms with Crippen LogP contribution in [0, 0.1) is 11.8 Å². The van der Waals surface area contributed by atoms with Crippen LogP contribution in [0.4, 0.5) is 0 Å². The van der Waals surface area contributed by atoms with Crippen LogP contribution in [0.3, 0.4) is 0 Å². The molecule has 0 aromatic carbocycles. The Kier molecular flexibility index (Phi) is 2.89. The fraction of sp³-hybridized carbons (Fsp3) is 0.444. The molecule has 0 aliphatic heterocycles. The summed E-state index contributed by atoms with van der Waals surface area (Å²) in [5.41, 5.74) is 6.72. The smallest absolute Gasteiger partial charge is 0.102 e. The zero-order chi connectivity index (χ0) is 8.97. The van der Waals surface area contributed by atoms with Crippen LogP contribution < -0.4 is 5.73 Å². The zero-order valence-corrected chi connectivity index (χ0v) is 7.41. The molecule has 0 bridgehead atoms. The largest absolute Gasteiger partial charge is 0.324 e. The summed E-state index contributed by atoms with van der Waals surface area (Å²) >= 11 is 0. The lowest BCUT2D eigenvalue weighted by Gasteiger charge is -1.97. The second-order valence-corrected chi connectivity index (χ2v) is 2.69. The van der Waals surface area contributed by atoms with Crippen molar-refractivity contribution in [2.24, 2.45) is 5.73 Å². The summed E-state index contributed by atoms with van der Waals surface area (Å²) in [6.07, 6.45) is 3.71. The van der Waals surface area contributed by atoms with Crippen LogP contribution in [0.15, 0.2) is 12.4 Å². The Labute approximate surface area is 72.6 Å². The first-order valence-corrected chi connectivity index (χ1v) is 3.91. The van der Waals surface area contributed by atoms with Crippen molar-refractivity contribution in [3.05, 3.63) is 18.0 Å². The highest BCUT2D eigenvalue weighted by molar-refractivity contribution is 5.09. The van der Waals surface area contributed by atoms with E-state index in [1.807, 2.05) is 20.0 Å². The molecular weight excluding hydrogens is 150 g/mol. The molecule has 1 aromatic heterocycles. The molecule has 0 fully saturated rings. The highest BCUT2D eigenvalue weighted by atomic mass is 15.3. The van der Waals surface area contributed by atoms with Gasteiger partial charge in [0, 0.05) is 17.8 Å². The maximum atomic E-state index is 5.67. The number of nitrogens with two attached hydrogens (primary N) is 1. The van der Waals surface area contributed by atoms with Gasteiger partial charge in [-0.1, -0.05) is 5.92 Å². The van der Waals surface area contributed by atoms with E-state index >= 15 is 0 Å². The van der Waals surface area contributed by atoms with Crippen LogP contribution in [-0.4, -0.2) is 9.78 Å². The SMILES string of the molecule is CC#CCn1cc(C(C)N)cn1. The second kappa shape index (κ2) is 3.93. The Bertz CT molecular complexity index is 301. The lowest BCUT2D eigenvalue weighted by Crippen LogP contribution is -2.03. The number of rotatable bonds is 2. The van der Waals surface area contributed by atoms with Crippen LogP contribution in [0.25, 0.3) is 0 Å². The summed E-state index contributed by atoms with van der Waals surface area (Å²) < 4.78 is 1.79. The van der Waals surface area contributed by atoms with Gasteiger partial charge in [0.25, 0.3) is 0 Å². The fourth-order valence-corrected chi connectivity index (χ4v) is 0.861. The summed E-state index contributed by atoms with van der Waals surface area (Å²) in [5, 5.41) is 4.11. The minimum atomic E-state index is 0.0494. The third kappa shape index (κ3) is 2.11. The van der Waals surface area contributed by atoms with Gasteiger partial charge in [0.1, 0.15) is 6.54 Å². The Morgan fingerprint density at radius 1 is 1.75 bits per heavy atom. The molecule has 12 heavy (non-hydrogen) atoms. The van der Waals surface area contributed by atoms with Gasteiger partial charge in [-0.3, -0.25) is 4.68 Å². The van der Waals surface area contributed by atoms with Gasteiger partial charge in [0.15, 0.2) is 0 Å². The van der Waals surface area contributed by atoms with Crippen LogP contribution in [-0.2, 0) is 6.54 Å². The van der Waals surface area contributed by atoms with Gasteiger partial charge in [0.2, 0.25) is 0 Å². The average molecular weight is 163 g/mol. The first kappa shape index (κ1) is 8.82. The van der Waals surface area contributed by atoms with Gasteiger partial charge < -0.3 is 5.73 Å². The van der Waals surface area contributed by atoms with E-state index in [9.17, 15) is 0 Å². The van der Waals surface area contributed by atoms with Crippen molar-refractivity contribution in [1.82, 2.24) is 9.78 Å². The van der Waals surface area contributed by atoms with Gasteiger partial charge in [-0.05, 0) is 13.8 Å². The number of nitrogens with zero attached hydrogens (tertiary/aromatic N) is 2. The zero-order valence-electron chi connectivity index (χ0n) is 7.41. The maximum Gasteiger partial charge on any atom is 0.102 e. The monoisotopic (exact) mass is 163 g/mol. The Hall–Kier alpha value is -1.27. The predicted octanol–water partition coefficient (Wildman–Crippen LogP) is 0.926. The van der Waals surface area contributed by atoms with Crippen molar-refractivity contribution in [1.29, 1.82) is 0 Å². The lowest BCUT2D eigenvalue weighted by atomic mass is 10.2. The molecule has 0 saturated heterocycles. The molecule has 3 nitrogen and oxygen atoms in total. The van der Waals surface area contributed by atoms with Gasteiger partial charge >= 0.3 is 0 Å². The molecule has 1 rings (SSSR count). The van der Waals surface area contributed by atoms with E-state index in [0.717, 1.165) is 5.56 Å². The molecular formula is C9H13N3. The van der Waals surface area contributed by atoms with E-state index in [2.05, 4.69) is 16.9 Å². The van der Waals surface area contributed by atoms with Crippen LogP contribution in [0.1, 0.15) is 25.5 Å². The fourth-order valence-electron chi connectivity index (χ4n) is 0.861. The molecule has 2 N–H and O–H groups in total. The van der Waals surface area contributed by atoms with Crippen molar-refractivity contribution in [2.75, 3.05) is 0 Å². The third-order valence-corrected chi connectivity index (χ3v) is 1.60. The predicted molar refractivity (Wildman–Crippen MR) is 48.3 cm³/mol. The van der Waals surface area contributed by atoms with Crippen molar-refractivity contribution >= 4 is 0 Å². The molecule has 1 atom stereocenters. The highest BCUT2D eigenvalue weighted by Crippen LogP contribution is 2.06. The van der Waals surface area contributed by atoms with Gasteiger partial charge in [-0.2, -0.15) is 5.10 Å². The Morgan fingerprint density at radius 3 is 3.00 bits per heavy atom. The van der Waals surface area contributed by atoms with Crippen LogP contribution in [0.5, 0.6) is 0 Å². The van der Waals surface area contributed by atoms with E-state index in [0.29, 0.717) is 6.54 Å². The van der Waals surface area contributed by atoms with Gasteiger partial charge in [-0.25, -0.2) is 0 Å². The highest BCUT2D eigenvalue weighted by Gasteiger charge is 2.00. The molecule has 0 radical (unpaired) electrons. The molecule has 0 spiro atoms. The Morgan fingerprint density at radius 2 is 2.50 bits per heavy atom. The van der Waals surface area contributed by atoms with E-state index in [1.165, 1.54) is 0 Å². The van der Waals surface area contributed by atoms with E-state index in [4.69, 9.17) is 5.73 Å². The lowest BCUT2D eigenvalue weighted by molar-refractivity contribution is 0.712. The van der Waals surface area contributed by atoms with Crippen LogP contribution in [0.2, 0.25) is 0 Å². The summed E-state index contributed by atoms with van der Waals surface area (Å²) in [6.45, 7) is 4.39. The van der Waals surface area contributed by atoms with Gasteiger partial charge in [0.05, 0.1) is 6.20 Å². The topological polar surface area (TPSA) is 43.8 Å².